The van der Waals surface area contributed by atoms with Gasteiger partial charge in [-0.25, -0.2) is 0 Å². The van der Waals surface area contributed by atoms with Crippen molar-refractivity contribution in [3.05, 3.63) is 41.7 Å². The molecule has 0 saturated carbocycles. The lowest BCUT2D eigenvalue weighted by Crippen LogP contribution is -2.12. The SMILES string of the molecule is CC(C)c1cc(CNCc2ccco2)no1. The number of furan rings is 1. The largest absolute Gasteiger partial charge is 0.468 e. The predicted molar refractivity (Wildman–Crippen MR) is 59.8 cm³/mol. The minimum atomic E-state index is 0.381. The molecule has 16 heavy (non-hydrogen) atoms. The number of rotatable bonds is 5. The molecule has 0 aromatic carbocycles. The molecule has 0 saturated heterocycles. The summed E-state index contributed by atoms with van der Waals surface area (Å²) in [5.41, 5.74) is 0.926. The first-order chi connectivity index (χ1) is 7.75. The molecule has 0 bridgehead atoms. The summed E-state index contributed by atoms with van der Waals surface area (Å²) in [7, 11) is 0. The smallest absolute Gasteiger partial charge is 0.139 e. The van der Waals surface area contributed by atoms with Gasteiger partial charge in [-0.1, -0.05) is 19.0 Å². The van der Waals surface area contributed by atoms with Crippen LogP contribution in [0.25, 0.3) is 0 Å². The third-order valence-electron chi connectivity index (χ3n) is 2.33. The van der Waals surface area contributed by atoms with Crippen LogP contribution in [0.4, 0.5) is 0 Å². The molecule has 86 valence electrons. The molecule has 1 N–H and O–H groups in total. The van der Waals surface area contributed by atoms with Gasteiger partial charge in [0, 0.05) is 18.5 Å². The van der Waals surface area contributed by atoms with Gasteiger partial charge in [0.25, 0.3) is 0 Å². The Hall–Kier alpha value is -1.55. The van der Waals surface area contributed by atoms with Crippen LogP contribution in [-0.4, -0.2) is 5.16 Å². The highest BCUT2D eigenvalue weighted by atomic mass is 16.5. The lowest BCUT2D eigenvalue weighted by molar-refractivity contribution is 0.363. The molecular weight excluding hydrogens is 204 g/mol. The lowest BCUT2D eigenvalue weighted by Gasteiger charge is -1.98. The van der Waals surface area contributed by atoms with Crippen LogP contribution in [0.1, 0.15) is 37.0 Å². The summed E-state index contributed by atoms with van der Waals surface area (Å²) in [4.78, 5) is 0. The normalized spacial score (nSPS) is 11.2. The van der Waals surface area contributed by atoms with Crippen LogP contribution < -0.4 is 5.32 Å². The molecule has 0 atom stereocenters. The first kappa shape index (κ1) is 11.0. The molecule has 2 heterocycles. The van der Waals surface area contributed by atoms with E-state index in [1.165, 1.54) is 0 Å². The summed E-state index contributed by atoms with van der Waals surface area (Å²) < 4.78 is 10.4. The Balaban J connectivity index is 1.81. The Bertz CT molecular complexity index is 418. The molecule has 0 fully saturated rings. The highest BCUT2D eigenvalue weighted by Crippen LogP contribution is 2.14. The van der Waals surface area contributed by atoms with Crippen molar-refractivity contribution in [2.45, 2.75) is 32.9 Å². The van der Waals surface area contributed by atoms with E-state index in [2.05, 4.69) is 24.3 Å². The molecule has 2 aromatic rings. The average molecular weight is 220 g/mol. The molecule has 2 aromatic heterocycles. The first-order valence-electron chi connectivity index (χ1n) is 5.44. The quantitative estimate of drug-likeness (QED) is 0.841. The van der Waals surface area contributed by atoms with Crippen molar-refractivity contribution in [3.63, 3.8) is 0 Å². The molecule has 0 radical (unpaired) electrons. The van der Waals surface area contributed by atoms with Gasteiger partial charge in [-0.2, -0.15) is 0 Å². The standard InChI is InChI=1S/C12H16N2O2/c1-9(2)12-6-10(14-16-12)7-13-8-11-4-3-5-15-11/h3-6,9,13H,7-8H2,1-2H3. The molecule has 0 unspecified atom stereocenters. The molecule has 2 rings (SSSR count). The zero-order chi connectivity index (χ0) is 11.4. The van der Waals surface area contributed by atoms with E-state index >= 15 is 0 Å². The van der Waals surface area contributed by atoms with Crippen LogP contribution >= 0.6 is 0 Å². The molecule has 0 aliphatic rings. The maximum atomic E-state index is 5.21. The van der Waals surface area contributed by atoms with Gasteiger partial charge in [0.2, 0.25) is 0 Å². The first-order valence-corrected chi connectivity index (χ1v) is 5.44. The van der Waals surface area contributed by atoms with Crippen LogP contribution in [-0.2, 0) is 13.1 Å². The van der Waals surface area contributed by atoms with Gasteiger partial charge in [-0.3, -0.25) is 0 Å². The average Bonchev–Trinajstić information content (AvgIpc) is 2.87. The third kappa shape index (κ3) is 2.73. The molecule has 0 spiro atoms. The molecule has 0 aliphatic heterocycles. The summed E-state index contributed by atoms with van der Waals surface area (Å²) in [6.07, 6.45) is 1.67. The van der Waals surface area contributed by atoms with Crippen molar-refractivity contribution in [2.75, 3.05) is 0 Å². The monoisotopic (exact) mass is 220 g/mol. The van der Waals surface area contributed by atoms with Crippen molar-refractivity contribution < 1.29 is 8.94 Å². The minimum Gasteiger partial charge on any atom is -0.468 e. The van der Waals surface area contributed by atoms with E-state index in [1.807, 2.05) is 18.2 Å². The highest BCUT2D eigenvalue weighted by molar-refractivity contribution is 5.08. The Morgan fingerprint density at radius 2 is 2.25 bits per heavy atom. The van der Waals surface area contributed by atoms with E-state index in [1.54, 1.807) is 6.26 Å². The number of aromatic nitrogens is 1. The van der Waals surface area contributed by atoms with Gasteiger partial charge in [0.1, 0.15) is 11.5 Å². The fraction of sp³-hybridized carbons (Fsp3) is 0.417. The summed E-state index contributed by atoms with van der Waals surface area (Å²) in [5.74, 6) is 2.23. The van der Waals surface area contributed by atoms with Crippen molar-refractivity contribution >= 4 is 0 Å². The van der Waals surface area contributed by atoms with Gasteiger partial charge in [-0.15, -0.1) is 0 Å². The Morgan fingerprint density at radius 3 is 2.88 bits per heavy atom. The van der Waals surface area contributed by atoms with E-state index in [0.29, 0.717) is 19.0 Å². The van der Waals surface area contributed by atoms with Gasteiger partial charge in [0.15, 0.2) is 0 Å². The number of hydrogen-bond acceptors (Lipinski definition) is 4. The lowest BCUT2D eigenvalue weighted by atomic mass is 10.1. The fourth-order valence-corrected chi connectivity index (χ4v) is 1.41. The van der Waals surface area contributed by atoms with Crippen LogP contribution in [0.5, 0.6) is 0 Å². The molecule has 4 nitrogen and oxygen atoms in total. The second kappa shape index (κ2) is 4.99. The second-order valence-electron chi connectivity index (χ2n) is 4.06. The Kier molecular flexibility index (Phi) is 3.41. The Morgan fingerprint density at radius 1 is 1.38 bits per heavy atom. The van der Waals surface area contributed by atoms with Crippen molar-refractivity contribution in [1.29, 1.82) is 0 Å². The molecule has 0 amide bonds. The zero-order valence-corrected chi connectivity index (χ0v) is 9.56. The fourth-order valence-electron chi connectivity index (χ4n) is 1.41. The third-order valence-corrected chi connectivity index (χ3v) is 2.33. The number of nitrogens with one attached hydrogen (secondary N) is 1. The van der Waals surface area contributed by atoms with Crippen LogP contribution in [0.3, 0.4) is 0 Å². The molecular formula is C12H16N2O2. The zero-order valence-electron chi connectivity index (χ0n) is 9.56. The van der Waals surface area contributed by atoms with E-state index in [0.717, 1.165) is 17.2 Å². The van der Waals surface area contributed by atoms with E-state index in [4.69, 9.17) is 8.94 Å². The number of nitrogens with zero attached hydrogens (tertiary/aromatic N) is 1. The van der Waals surface area contributed by atoms with Crippen molar-refractivity contribution in [2.24, 2.45) is 0 Å². The second-order valence-corrected chi connectivity index (χ2v) is 4.06. The van der Waals surface area contributed by atoms with Crippen LogP contribution in [0, 0.1) is 0 Å². The minimum absolute atomic E-state index is 0.381. The Labute approximate surface area is 94.6 Å². The maximum Gasteiger partial charge on any atom is 0.139 e. The molecule has 4 heteroatoms. The predicted octanol–water partition coefficient (Wildman–Crippen LogP) is 2.68. The summed E-state index contributed by atoms with van der Waals surface area (Å²) in [6.45, 7) is 5.56. The summed E-state index contributed by atoms with van der Waals surface area (Å²) in [5, 5.41) is 7.23. The van der Waals surface area contributed by atoms with Crippen molar-refractivity contribution in [1.82, 2.24) is 10.5 Å². The van der Waals surface area contributed by atoms with Gasteiger partial charge >= 0.3 is 0 Å². The maximum absolute atomic E-state index is 5.21. The molecule has 0 aliphatic carbocycles. The summed E-state index contributed by atoms with van der Waals surface area (Å²) in [6, 6.07) is 5.80. The summed E-state index contributed by atoms with van der Waals surface area (Å²) >= 11 is 0. The van der Waals surface area contributed by atoms with Gasteiger partial charge in [0.05, 0.1) is 18.5 Å². The van der Waals surface area contributed by atoms with E-state index in [9.17, 15) is 0 Å². The van der Waals surface area contributed by atoms with Crippen molar-refractivity contribution in [3.8, 4) is 0 Å². The van der Waals surface area contributed by atoms with Crippen LogP contribution in [0.2, 0.25) is 0 Å². The van der Waals surface area contributed by atoms with E-state index < -0.39 is 0 Å². The van der Waals surface area contributed by atoms with Gasteiger partial charge < -0.3 is 14.3 Å². The van der Waals surface area contributed by atoms with E-state index in [-0.39, 0.29) is 0 Å². The highest BCUT2D eigenvalue weighted by Gasteiger charge is 2.07. The van der Waals surface area contributed by atoms with Gasteiger partial charge in [-0.05, 0) is 12.1 Å². The topological polar surface area (TPSA) is 51.2 Å². The van der Waals surface area contributed by atoms with Crippen LogP contribution in [0.15, 0.2) is 33.4 Å². The number of hydrogen-bond donors (Lipinski definition) is 1.